The number of hydrogen-bond donors (Lipinski definition) is 1. The van der Waals surface area contributed by atoms with Crippen LogP contribution in [0.5, 0.6) is 0 Å². The number of unbranched alkanes of at least 4 members (excludes halogenated alkanes) is 1. The van der Waals surface area contributed by atoms with E-state index in [9.17, 15) is 19.5 Å². The molecular weight excluding hydrogens is 604 g/mol. The Hall–Kier alpha value is -2.30. The Kier molecular flexibility index (Phi) is 10.3. The number of rotatable bonds is 14. The number of fused-ring (bicyclic) bond motifs is 1. The van der Waals surface area contributed by atoms with Crippen LogP contribution < -0.4 is 9.80 Å². The first-order valence-corrected chi connectivity index (χ1v) is 16.4. The van der Waals surface area contributed by atoms with Crippen LogP contribution in [0.3, 0.4) is 0 Å². The van der Waals surface area contributed by atoms with Crippen LogP contribution >= 0.6 is 27.7 Å². The lowest BCUT2D eigenvalue weighted by Gasteiger charge is -2.38. The first kappa shape index (κ1) is 31.6. The zero-order valence-corrected chi connectivity index (χ0v) is 26.8. The molecule has 0 aromatic heterocycles. The number of hydrogen-bond acceptors (Lipinski definition) is 6. The number of anilines is 2. The summed E-state index contributed by atoms with van der Waals surface area (Å²) in [7, 11) is 1.74. The number of likely N-dealkylation sites (tertiary alicyclic amines) is 1. The number of thioether (sulfide) groups is 1. The monoisotopic (exact) mass is 646 g/mol. The Labute approximate surface area is 256 Å². The van der Waals surface area contributed by atoms with Gasteiger partial charge in [-0.05, 0) is 57.4 Å². The Morgan fingerprint density at radius 1 is 1.10 bits per heavy atom. The van der Waals surface area contributed by atoms with E-state index in [1.54, 1.807) is 45.7 Å². The van der Waals surface area contributed by atoms with Crippen LogP contribution in [0.25, 0.3) is 0 Å². The van der Waals surface area contributed by atoms with Crippen molar-refractivity contribution in [3.63, 3.8) is 0 Å². The van der Waals surface area contributed by atoms with Crippen molar-refractivity contribution in [2.45, 2.75) is 54.0 Å². The molecule has 8 nitrogen and oxygen atoms in total. The molecule has 3 aliphatic heterocycles. The highest BCUT2D eigenvalue weighted by Gasteiger charge is 2.75. The molecule has 1 aromatic carbocycles. The summed E-state index contributed by atoms with van der Waals surface area (Å²) >= 11 is 5.47. The predicted octanol–water partition coefficient (Wildman–Crippen LogP) is 3.93. The Balaban J connectivity index is 1.75. The average Bonchev–Trinajstić information content (AvgIpc) is 3.55. The summed E-state index contributed by atoms with van der Waals surface area (Å²) in [6.07, 6.45) is 5.13. The Morgan fingerprint density at radius 2 is 1.73 bits per heavy atom. The number of likely N-dealkylation sites (N-methyl/N-ethyl adjacent to an activating group) is 1. The molecule has 6 atom stereocenters. The van der Waals surface area contributed by atoms with Gasteiger partial charge in [0.2, 0.25) is 11.8 Å². The lowest BCUT2D eigenvalue weighted by Crippen LogP contribution is -2.56. The zero-order chi connectivity index (χ0) is 29.9. The normalized spacial score (nSPS) is 28.0. The van der Waals surface area contributed by atoms with Crippen molar-refractivity contribution < 1.29 is 19.5 Å². The molecule has 2 bridgehead atoms. The largest absolute Gasteiger partial charge is 0.396 e. The molecule has 0 saturated carbocycles. The smallest absolute Gasteiger partial charge is 0.251 e. The Morgan fingerprint density at radius 3 is 2.32 bits per heavy atom. The SMILES string of the molecule is C=CCN(C)C(=O)[C@H]1[C@H]2C(=O)N(CCCCO)C(C(=O)N(CC=C)c3ccc(N(CC)CC)cc3)C23CC(Br)[C@@H]1S3. The fraction of sp³-hybridized carbons (Fsp3) is 0.581. The Bertz CT molecular complexity index is 1150. The maximum atomic E-state index is 14.7. The van der Waals surface area contributed by atoms with Crippen LogP contribution in [0.2, 0.25) is 0 Å². The molecule has 3 heterocycles. The van der Waals surface area contributed by atoms with Crippen molar-refractivity contribution in [1.82, 2.24) is 9.80 Å². The van der Waals surface area contributed by atoms with Gasteiger partial charge in [-0.2, -0.15) is 0 Å². The molecule has 3 unspecified atom stereocenters. The second-order valence-corrected chi connectivity index (χ2v) is 13.8. The minimum Gasteiger partial charge on any atom is -0.396 e. The molecule has 10 heteroatoms. The van der Waals surface area contributed by atoms with Crippen molar-refractivity contribution in [1.29, 1.82) is 0 Å². The molecule has 224 valence electrons. The molecule has 3 fully saturated rings. The topological polar surface area (TPSA) is 84.4 Å². The van der Waals surface area contributed by atoms with E-state index < -0.39 is 22.6 Å². The predicted molar refractivity (Wildman–Crippen MR) is 171 cm³/mol. The number of carbonyl (C=O) groups excluding carboxylic acids is 3. The number of halogens is 1. The van der Waals surface area contributed by atoms with E-state index in [0.29, 0.717) is 38.9 Å². The fourth-order valence-electron chi connectivity index (χ4n) is 6.90. The lowest BCUT2D eigenvalue weighted by atomic mass is 9.70. The lowest BCUT2D eigenvalue weighted by molar-refractivity contribution is -0.143. The summed E-state index contributed by atoms with van der Waals surface area (Å²) in [5.41, 5.74) is 1.84. The highest BCUT2D eigenvalue weighted by atomic mass is 79.9. The first-order valence-electron chi connectivity index (χ1n) is 14.6. The maximum Gasteiger partial charge on any atom is 0.251 e. The molecule has 1 aromatic rings. The van der Waals surface area contributed by atoms with E-state index >= 15 is 0 Å². The van der Waals surface area contributed by atoms with Crippen LogP contribution in [0.4, 0.5) is 11.4 Å². The van der Waals surface area contributed by atoms with Crippen LogP contribution in [0.15, 0.2) is 49.6 Å². The van der Waals surface area contributed by atoms with Gasteiger partial charge in [-0.1, -0.05) is 28.1 Å². The summed E-state index contributed by atoms with van der Waals surface area (Å²) in [4.78, 5) is 50.0. The van der Waals surface area contributed by atoms with Crippen molar-refractivity contribution >= 4 is 56.8 Å². The van der Waals surface area contributed by atoms with E-state index in [1.165, 1.54) is 0 Å². The minimum atomic E-state index is -0.723. The summed E-state index contributed by atoms with van der Waals surface area (Å²) in [6, 6.07) is 7.25. The van der Waals surface area contributed by atoms with Crippen LogP contribution in [0, 0.1) is 11.8 Å². The molecule has 3 amide bonds. The second kappa shape index (κ2) is 13.3. The molecule has 0 aliphatic carbocycles. The standard InChI is InChI=1S/C31H43BrN4O4S/c1-6-16-33(5)28(38)24-25-29(39)36(18-10-11-19-37)27(31(25)20-23(32)26(24)41-31)30(40)35(17-7-2)22-14-12-21(13-15-22)34(8-3)9-4/h6-7,12-15,23-27,37H,1-2,8-11,16-20H2,3-5H3/t23?,24-,25-,26-,27?,31?/m0/s1. The summed E-state index contributed by atoms with van der Waals surface area (Å²) in [5, 5.41) is 9.35. The van der Waals surface area contributed by atoms with Gasteiger partial charge in [0, 0.05) is 67.8 Å². The minimum absolute atomic E-state index is 0.0107. The summed E-state index contributed by atoms with van der Waals surface area (Å²) in [6.45, 7) is 14.8. The van der Waals surface area contributed by atoms with Crippen LogP contribution in [0.1, 0.15) is 33.1 Å². The molecule has 4 rings (SSSR count). The molecule has 1 spiro atoms. The quantitative estimate of drug-likeness (QED) is 0.187. The van der Waals surface area contributed by atoms with Crippen molar-refractivity contribution in [2.24, 2.45) is 11.8 Å². The fourth-order valence-corrected chi connectivity index (χ4v) is 10.5. The van der Waals surface area contributed by atoms with Crippen molar-refractivity contribution in [3.8, 4) is 0 Å². The van der Waals surface area contributed by atoms with Gasteiger partial charge >= 0.3 is 0 Å². The average molecular weight is 648 g/mol. The molecular formula is C31H43BrN4O4S. The number of amides is 3. The highest BCUT2D eigenvalue weighted by Crippen LogP contribution is 2.68. The van der Waals surface area contributed by atoms with Crippen LogP contribution in [-0.4, -0.2) is 99.9 Å². The number of carbonyl (C=O) groups is 3. The van der Waals surface area contributed by atoms with Crippen molar-refractivity contribution in [2.75, 3.05) is 56.2 Å². The third-order valence-electron chi connectivity index (χ3n) is 8.76. The summed E-state index contributed by atoms with van der Waals surface area (Å²) in [5.74, 6) is -1.46. The molecule has 0 radical (unpaired) electrons. The van der Waals surface area contributed by atoms with Gasteiger partial charge in [-0.3, -0.25) is 14.4 Å². The number of benzene rings is 1. The van der Waals surface area contributed by atoms with Gasteiger partial charge in [0.1, 0.15) is 6.04 Å². The molecule has 3 aliphatic rings. The number of aliphatic hydroxyl groups excluding tert-OH is 1. The van der Waals surface area contributed by atoms with Gasteiger partial charge < -0.3 is 24.7 Å². The number of aliphatic hydroxyl groups is 1. The van der Waals surface area contributed by atoms with E-state index in [4.69, 9.17) is 0 Å². The molecule has 3 saturated heterocycles. The summed E-state index contributed by atoms with van der Waals surface area (Å²) < 4.78 is -0.720. The first-order chi connectivity index (χ1) is 19.7. The van der Waals surface area contributed by atoms with E-state index in [-0.39, 0.29) is 34.4 Å². The zero-order valence-electron chi connectivity index (χ0n) is 24.4. The third-order valence-corrected chi connectivity index (χ3v) is 12.0. The second-order valence-electron chi connectivity index (χ2n) is 11.1. The van der Waals surface area contributed by atoms with Gasteiger partial charge in [0.15, 0.2) is 0 Å². The third kappa shape index (κ3) is 5.59. The van der Waals surface area contributed by atoms with Gasteiger partial charge in [0.25, 0.3) is 5.91 Å². The van der Waals surface area contributed by atoms with E-state index in [0.717, 1.165) is 24.5 Å². The molecule has 41 heavy (non-hydrogen) atoms. The maximum absolute atomic E-state index is 14.7. The molecule has 1 N–H and O–H groups in total. The highest BCUT2D eigenvalue weighted by molar-refractivity contribution is 9.09. The number of alkyl halides is 1. The van der Waals surface area contributed by atoms with E-state index in [1.807, 2.05) is 24.3 Å². The van der Waals surface area contributed by atoms with Gasteiger partial charge in [-0.25, -0.2) is 0 Å². The van der Waals surface area contributed by atoms with E-state index in [2.05, 4.69) is 47.8 Å². The van der Waals surface area contributed by atoms with Crippen LogP contribution in [-0.2, 0) is 14.4 Å². The van der Waals surface area contributed by atoms with Gasteiger partial charge in [-0.15, -0.1) is 24.9 Å². The van der Waals surface area contributed by atoms with Gasteiger partial charge in [0.05, 0.1) is 16.6 Å². The van der Waals surface area contributed by atoms with Crippen molar-refractivity contribution in [3.05, 3.63) is 49.6 Å². The number of nitrogens with zero attached hydrogens (tertiary/aromatic N) is 4.